The maximum atomic E-state index is 11.8. The topological polar surface area (TPSA) is 111 Å². The number of nitrogens with zero attached hydrogens (tertiary/aromatic N) is 2. The molecule has 10 heteroatoms. The van der Waals surface area contributed by atoms with E-state index in [9.17, 15) is 13.5 Å². The number of halogens is 1. The number of fused-ring (bicyclic) bond motifs is 1. The van der Waals surface area contributed by atoms with E-state index in [-0.39, 0.29) is 35.9 Å². The first-order chi connectivity index (χ1) is 11.5. The summed E-state index contributed by atoms with van der Waals surface area (Å²) in [7, 11) is -3.51. The van der Waals surface area contributed by atoms with Crippen LogP contribution < -0.4 is 5.32 Å². The molecule has 1 aliphatic carbocycles. The van der Waals surface area contributed by atoms with Gasteiger partial charge in [-0.15, -0.1) is 0 Å². The van der Waals surface area contributed by atoms with Crippen molar-refractivity contribution in [3.8, 4) is 0 Å². The summed E-state index contributed by atoms with van der Waals surface area (Å²) in [6.45, 7) is 5.44. The number of hydrogen-bond donors (Lipinski definition) is 2. The van der Waals surface area contributed by atoms with Crippen molar-refractivity contribution in [2.24, 2.45) is 5.92 Å². The fraction of sp³-hybridized carbons (Fsp3) is 0.733. The van der Waals surface area contributed by atoms with Crippen LogP contribution in [0.2, 0.25) is 0 Å². The first-order valence-electron chi connectivity index (χ1n) is 7.99. The van der Waals surface area contributed by atoms with Gasteiger partial charge in [-0.05, 0) is 49.8 Å². The van der Waals surface area contributed by atoms with Gasteiger partial charge in [0.25, 0.3) is 0 Å². The van der Waals surface area contributed by atoms with Crippen molar-refractivity contribution in [3.05, 3.63) is 9.26 Å². The zero-order chi connectivity index (χ0) is 18.6. The Labute approximate surface area is 160 Å². The molecule has 0 aromatic carbocycles. The molecule has 1 aromatic rings. The smallest absolute Gasteiger partial charge is 0.249 e. The van der Waals surface area contributed by atoms with E-state index in [1.165, 1.54) is 0 Å². The molecule has 140 valence electrons. The SMILES string of the molecule is Cc1nc(S(C)(=O)=O)nc(N[C@@H]2C[C@H](CO)[C@H]3OC(C)(C)O[C@H]32)c1I. The first kappa shape index (κ1) is 19.2. The van der Waals surface area contributed by atoms with E-state index in [1.54, 1.807) is 6.92 Å². The van der Waals surface area contributed by atoms with Gasteiger partial charge in [0.05, 0.1) is 21.4 Å². The van der Waals surface area contributed by atoms with Crippen molar-refractivity contribution in [2.45, 2.75) is 56.4 Å². The van der Waals surface area contributed by atoms with E-state index in [4.69, 9.17) is 9.47 Å². The van der Waals surface area contributed by atoms with Gasteiger partial charge >= 0.3 is 0 Å². The Balaban J connectivity index is 1.91. The Morgan fingerprint density at radius 1 is 1.32 bits per heavy atom. The molecule has 0 amide bonds. The minimum absolute atomic E-state index is 0.00721. The van der Waals surface area contributed by atoms with Crippen LogP contribution in [0.15, 0.2) is 5.16 Å². The zero-order valence-corrected chi connectivity index (χ0v) is 17.5. The maximum Gasteiger partial charge on any atom is 0.249 e. The molecule has 25 heavy (non-hydrogen) atoms. The fourth-order valence-corrected chi connectivity index (χ4v) is 4.33. The van der Waals surface area contributed by atoms with Crippen LogP contribution in [0.3, 0.4) is 0 Å². The highest BCUT2D eigenvalue weighted by Gasteiger charge is 2.53. The maximum absolute atomic E-state index is 11.8. The first-order valence-corrected chi connectivity index (χ1v) is 11.0. The third-order valence-electron chi connectivity index (χ3n) is 4.47. The number of aryl methyl sites for hydroxylation is 1. The van der Waals surface area contributed by atoms with Crippen molar-refractivity contribution in [2.75, 3.05) is 18.2 Å². The number of sulfone groups is 1. The number of anilines is 1. The van der Waals surface area contributed by atoms with Crippen LogP contribution >= 0.6 is 22.6 Å². The number of aliphatic hydroxyl groups is 1. The van der Waals surface area contributed by atoms with Crippen molar-refractivity contribution in [3.63, 3.8) is 0 Å². The molecule has 0 unspecified atom stereocenters. The standard InChI is InChI=1S/C15H22IN3O5S/c1-7-10(16)13(19-14(17-7)25(4,21)22)18-9-5-8(6-20)11-12(9)24-15(2,3)23-11/h8-9,11-12,20H,5-6H2,1-4H3,(H,17,18,19)/t8-,9-,11-,12+/m1/s1. The summed E-state index contributed by atoms with van der Waals surface area (Å²) in [5, 5.41) is 12.7. The molecule has 1 saturated carbocycles. The van der Waals surface area contributed by atoms with Crippen molar-refractivity contribution in [1.29, 1.82) is 0 Å². The lowest BCUT2D eigenvalue weighted by Crippen LogP contribution is -2.35. The fourth-order valence-electron chi connectivity index (χ4n) is 3.38. The highest BCUT2D eigenvalue weighted by molar-refractivity contribution is 14.1. The van der Waals surface area contributed by atoms with E-state index in [0.717, 1.165) is 9.83 Å². The van der Waals surface area contributed by atoms with Crippen LogP contribution in [0.25, 0.3) is 0 Å². The summed E-state index contributed by atoms with van der Waals surface area (Å²) in [6, 6.07) is -0.140. The lowest BCUT2D eigenvalue weighted by Gasteiger charge is -2.24. The number of aliphatic hydroxyl groups excluding tert-OH is 1. The molecule has 0 bridgehead atoms. The van der Waals surface area contributed by atoms with E-state index < -0.39 is 15.6 Å². The van der Waals surface area contributed by atoms with E-state index in [0.29, 0.717) is 17.9 Å². The van der Waals surface area contributed by atoms with Gasteiger partial charge in [0.2, 0.25) is 15.0 Å². The molecule has 3 rings (SSSR count). The summed E-state index contributed by atoms with van der Waals surface area (Å²) >= 11 is 2.09. The summed E-state index contributed by atoms with van der Waals surface area (Å²) in [5.41, 5.74) is 0.593. The number of nitrogens with one attached hydrogen (secondary N) is 1. The number of aromatic nitrogens is 2. The van der Waals surface area contributed by atoms with Gasteiger partial charge < -0.3 is 19.9 Å². The van der Waals surface area contributed by atoms with Gasteiger partial charge in [-0.3, -0.25) is 0 Å². The molecule has 2 aliphatic rings. The second-order valence-corrected chi connectivity index (χ2v) is 10.0. The zero-order valence-electron chi connectivity index (χ0n) is 14.5. The van der Waals surface area contributed by atoms with Crippen LogP contribution in [-0.2, 0) is 19.3 Å². The molecule has 8 nitrogen and oxygen atoms in total. The number of rotatable bonds is 4. The highest BCUT2D eigenvalue weighted by atomic mass is 127. The van der Waals surface area contributed by atoms with Crippen molar-refractivity contribution >= 4 is 38.2 Å². The Morgan fingerprint density at radius 2 is 1.96 bits per heavy atom. The minimum Gasteiger partial charge on any atom is -0.396 e. The van der Waals surface area contributed by atoms with E-state index >= 15 is 0 Å². The van der Waals surface area contributed by atoms with Crippen molar-refractivity contribution in [1.82, 2.24) is 9.97 Å². The van der Waals surface area contributed by atoms with Crippen molar-refractivity contribution < 1.29 is 23.0 Å². The Kier molecular flexibility index (Phi) is 5.04. The van der Waals surface area contributed by atoms with Gasteiger partial charge in [-0.25, -0.2) is 13.4 Å². The van der Waals surface area contributed by atoms with Crippen LogP contribution in [0.5, 0.6) is 0 Å². The molecule has 1 saturated heterocycles. The molecule has 0 radical (unpaired) electrons. The molecule has 2 heterocycles. The lowest BCUT2D eigenvalue weighted by molar-refractivity contribution is -0.158. The number of ether oxygens (including phenoxy) is 2. The molecular weight excluding hydrogens is 461 g/mol. The minimum atomic E-state index is -3.51. The average Bonchev–Trinajstić information content (AvgIpc) is 2.96. The second kappa shape index (κ2) is 6.55. The van der Waals surface area contributed by atoms with Gasteiger partial charge in [0.1, 0.15) is 11.9 Å². The summed E-state index contributed by atoms with van der Waals surface area (Å²) < 4.78 is 36.3. The van der Waals surface area contributed by atoms with Gasteiger partial charge in [0.15, 0.2) is 5.79 Å². The molecule has 2 fully saturated rings. The van der Waals surface area contributed by atoms with Gasteiger partial charge in [-0.1, -0.05) is 0 Å². The monoisotopic (exact) mass is 483 g/mol. The lowest BCUT2D eigenvalue weighted by atomic mass is 10.1. The molecular formula is C15H22IN3O5S. The van der Waals surface area contributed by atoms with E-state index in [1.807, 2.05) is 13.8 Å². The third kappa shape index (κ3) is 3.77. The summed E-state index contributed by atoms with van der Waals surface area (Å²) in [5.74, 6) is -0.293. The van der Waals surface area contributed by atoms with Gasteiger partial charge in [0, 0.05) is 18.8 Å². The average molecular weight is 483 g/mol. The Morgan fingerprint density at radius 3 is 2.56 bits per heavy atom. The second-order valence-electron chi connectivity index (χ2n) is 7.02. The largest absolute Gasteiger partial charge is 0.396 e. The normalized spacial score (nSPS) is 31.1. The molecule has 1 aliphatic heterocycles. The molecule has 2 N–H and O–H groups in total. The Bertz CT molecular complexity index is 786. The van der Waals surface area contributed by atoms with Crippen LogP contribution in [0.4, 0.5) is 5.82 Å². The molecule has 4 atom stereocenters. The molecule has 0 spiro atoms. The van der Waals surface area contributed by atoms with Crippen LogP contribution in [0.1, 0.15) is 26.0 Å². The molecule has 1 aromatic heterocycles. The predicted octanol–water partition coefficient (Wildman–Crippen LogP) is 1.11. The van der Waals surface area contributed by atoms with Crippen LogP contribution in [-0.4, -0.2) is 60.4 Å². The summed E-state index contributed by atoms with van der Waals surface area (Å²) in [4.78, 5) is 8.25. The van der Waals surface area contributed by atoms with Gasteiger partial charge in [-0.2, -0.15) is 4.98 Å². The predicted molar refractivity (Wildman–Crippen MR) is 99.0 cm³/mol. The highest BCUT2D eigenvalue weighted by Crippen LogP contribution is 2.42. The summed E-state index contributed by atoms with van der Waals surface area (Å²) in [6.07, 6.45) is 1.30. The quantitative estimate of drug-likeness (QED) is 0.484. The van der Waals surface area contributed by atoms with Crippen LogP contribution in [0, 0.1) is 16.4 Å². The number of hydrogen-bond acceptors (Lipinski definition) is 8. The third-order valence-corrected chi connectivity index (χ3v) is 6.60. The Hall–Kier alpha value is -0.560. The van der Waals surface area contributed by atoms with E-state index in [2.05, 4.69) is 37.9 Å².